The van der Waals surface area contributed by atoms with Crippen LogP contribution in [0.1, 0.15) is 23.7 Å². The van der Waals surface area contributed by atoms with Crippen molar-refractivity contribution in [3.05, 3.63) is 65.5 Å². The van der Waals surface area contributed by atoms with Crippen molar-refractivity contribution in [1.82, 2.24) is 15.2 Å². The molecule has 0 bridgehead atoms. The van der Waals surface area contributed by atoms with E-state index >= 15 is 0 Å². The van der Waals surface area contributed by atoms with Gasteiger partial charge < -0.3 is 5.32 Å². The monoisotopic (exact) mass is 323 g/mol. The SMILES string of the molecule is Cc1ccc(CC(=O)N[C@@H]2CN(Cc3ccccc3)C[C@H]2C)cn1. The zero-order chi connectivity index (χ0) is 16.9. The summed E-state index contributed by atoms with van der Waals surface area (Å²) in [6.07, 6.45) is 2.18. The first kappa shape index (κ1) is 16.7. The molecule has 0 spiro atoms. The van der Waals surface area contributed by atoms with E-state index in [9.17, 15) is 4.79 Å². The highest BCUT2D eigenvalue weighted by Crippen LogP contribution is 2.19. The summed E-state index contributed by atoms with van der Waals surface area (Å²) in [5.41, 5.74) is 3.26. The lowest BCUT2D eigenvalue weighted by Crippen LogP contribution is -2.40. The summed E-state index contributed by atoms with van der Waals surface area (Å²) >= 11 is 0. The zero-order valence-corrected chi connectivity index (χ0v) is 14.4. The molecule has 1 aliphatic heterocycles. The maximum Gasteiger partial charge on any atom is 0.224 e. The molecule has 4 heteroatoms. The van der Waals surface area contributed by atoms with Gasteiger partial charge in [-0.2, -0.15) is 0 Å². The number of amides is 1. The Morgan fingerprint density at radius 3 is 2.67 bits per heavy atom. The Bertz CT molecular complexity index is 669. The number of nitrogens with zero attached hydrogens (tertiary/aromatic N) is 2. The second-order valence-electron chi connectivity index (χ2n) is 6.82. The Morgan fingerprint density at radius 1 is 1.17 bits per heavy atom. The lowest BCUT2D eigenvalue weighted by Gasteiger charge is -2.17. The van der Waals surface area contributed by atoms with Crippen molar-refractivity contribution in [1.29, 1.82) is 0 Å². The number of hydrogen-bond donors (Lipinski definition) is 1. The molecule has 2 atom stereocenters. The molecule has 2 heterocycles. The van der Waals surface area contributed by atoms with E-state index < -0.39 is 0 Å². The number of hydrogen-bond acceptors (Lipinski definition) is 3. The number of benzene rings is 1. The van der Waals surface area contributed by atoms with Gasteiger partial charge in [0.25, 0.3) is 0 Å². The Labute approximate surface area is 143 Å². The van der Waals surface area contributed by atoms with E-state index in [1.807, 2.05) is 25.1 Å². The fraction of sp³-hybridized carbons (Fsp3) is 0.400. The third-order valence-electron chi connectivity index (χ3n) is 4.62. The largest absolute Gasteiger partial charge is 0.351 e. The van der Waals surface area contributed by atoms with Gasteiger partial charge in [-0.1, -0.05) is 43.3 Å². The van der Waals surface area contributed by atoms with Crippen LogP contribution in [0.25, 0.3) is 0 Å². The van der Waals surface area contributed by atoms with Crippen molar-refractivity contribution >= 4 is 5.91 Å². The molecule has 126 valence electrons. The van der Waals surface area contributed by atoms with E-state index in [2.05, 4.69) is 46.4 Å². The predicted molar refractivity (Wildman–Crippen MR) is 95.5 cm³/mol. The minimum absolute atomic E-state index is 0.0825. The summed E-state index contributed by atoms with van der Waals surface area (Å²) in [7, 11) is 0. The molecule has 1 aliphatic rings. The van der Waals surface area contributed by atoms with Crippen molar-refractivity contribution < 1.29 is 4.79 Å². The molecule has 3 rings (SSSR count). The summed E-state index contributed by atoms with van der Waals surface area (Å²) in [6.45, 7) is 7.04. The molecule has 1 aromatic carbocycles. The fourth-order valence-electron chi connectivity index (χ4n) is 3.27. The van der Waals surface area contributed by atoms with Gasteiger partial charge in [0.15, 0.2) is 0 Å². The number of pyridine rings is 1. The van der Waals surface area contributed by atoms with Crippen LogP contribution < -0.4 is 5.32 Å². The first-order valence-corrected chi connectivity index (χ1v) is 8.57. The third-order valence-corrected chi connectivity index (χ3v) is 4.62. The number of aromatic nitrogens is 1. The average Bonchev–Trinajstić information content (AvgIpc) is 2.90. The molecular weight excluding hydrogens is 298 g/mol. The Hall–Kier alpha value is -2.20. The van der Waals surface area contributed by atoms with Gasteiger partial charge >= 0.3 is 0 Å². The first-order chi connectivity index (χ1) is 11.6. The van der Waals surface area contributed by atoms with Crippen LogP contribution in [0.2, 0.25) is 0 Å². The molecule has 0 radical (unpaired) electrons. The van der Waals surface area contributed by atoms with Gasteiger partial charge in [-0.3, -0.25) is 14.7 Å². The molecule has 2 aromatic rings. The van der Waals surface area contributed by atoms with Crippen molar-refractivity contribution in [2.75, 3.05) is 13.1 Å². The Kier molecular flexibility index (Phi) is 5.26. The molecule has 24 heavy (non-hydrogen) atoms. The normalized spacial score (nSPS) is 20.9. The second kappa shape index (κ2) is 7.58. The van der Waals surface area contributed by atoms with Crippen molar-refractivity contribution in [3.8, 4) is 0 Å². The van der Waals surface area contributed by atoms with E-state index in [0.29, 0.717) is 12.3 Å². The molecule has 0 saturated carbocycles. The number of carbonyl (C=O) groups excluding carboxylic acids is 1. The maximum atomic E-state index is 12.3. The third kappa shape index (κ3) is 4.42. The zero-order valence-electron chi connectivity index (χ0n) is 14.4. The molecule has 1 aromatic heterocycles. The summed E-state index contributed by atoms with van der Waals surface area (Å²) in [5.74, 6) is 0.549. The van der Waals surface area contributed by atoms with Crippen LogP contribution in [0.15, 0.2) is 48.7 Å². The molecular formula is C20H25N3O. The second-order valence-corrected chi connectivity index (χ2v) is 6.82. The van der Waals surface area contributed by atoms with E-state index in [4.69, 9.17) is 0 Å². The van der Waals surface area contributed by atoms with Crippen molar-refractivity contribution in [2.45, 2.75) is 32.9 Å². The van der Waals surface area contributed by atoms with Gasteiger partial charge in [-0.25, -0.2) is 0 Å². The van der Waals surface area contributed by atoms with Gasteiger partial charge in [0.05, 0.1) is 6.42 Å². The molecule has 4 nitrogen and oxygen atoms in total. The smallest absolute Gasteiger partial charge is 0.224 e. The number of aryl methyl sites for hydroxylation is 1. The first-order valence-electron chi connectivity index (χ1n) is 8.57. The topological polar surface area (TPSA) is 45.2 Å². The van der Waals surface area contributed by atoms with Crippen molar-refractivity contribution in [2.24, 2.45) is 5.92 Å². The van der Waals surface area contributed by atoms with Crippen LogP contribution in [0, 0.1) is 12.8 Å². The minimum atomic E-state index is 0.0825. The van der Waals surface area contributed by atoms with Crippen molar-refractivity contribution in [3.63, 3.8) is 0 Å². The van der Waals surface area contributed by atoms with E-state index in [0.717, 1.165) is 30.9 Å². The van der Waals surface area contributed by atoms with E-state index in [1.165, 1.54) is 5.56 Å². The Balaban J connectivity index is 1.51. The van der Waals surface area contributed by atoms with Crippen LogP contribution in [0.3, 0.4) is 0 Å². The van der Waals surface area contributed by atoms with Crippen LogP contribution in [-0.4, -0.2) is 34.9 Å². The van der Waals surface area contributed by atoms with Gasteiger partial charge in [0, 0.05) is 37.6 Å². The fourth-order valence-corrected chi connectivity index (χ4v) is 3.27. The minimum Gasteiger partial charge on any atom is -0.351 e. The van der Waals surface area contributed by atoms with Gasteiger partial charge in [0.1, 0.15) is 0 Å². The number of likely N-dealkylation sites (tertiary alicyclic amines) is 1. The summed E-state index contributed by atoms with van der Waals surface area (Å²) in [4.78, 5) is 19.0. The molecule has 0 aliphatic carbocycles. The number of carbonyl (C=O) groups is 1. The van der Waals surface area contributed by atoms with E-state index in [1.54, 1.807) is 6.20 Å². The van der Waals surface area contributed by atoms with Gasteiger partial charge in [0.2, 0.25) is 5.91 Å². The van der Waals surface area contributed by atoms with E-state index in [-0.39, 0.29) is 11.9 Å². The van der Waals surface area contributed by atoms with Crippen LogP contribution in [0.4, 0.5) is 0 Å². The average molecular weight is 323 g/mol. The molecule has 1 amide bonds. The van der Waals surface area contributed by atoms with Crippen LogP contribution in [0.5, 0.6) is 0 Å². The maximum absolute atomic E-state index is 12.3. The molecule has 1 saturated heterocycles. The number of nitrogens with one attached hydrogen (secondary N) is 1. The molecule has 0 unspecified atom stereocenters. The molecule has 1 fully saturated rings. The quantitative estimate of drug-likeness (QED) is 0.920. The lowest BCUT2D eigenvalue weighted by molar-refractivity contribution is -0.121. The highest BCUT2D eigenvalue weighted by Gasteiger charge is 2.30. The molecule has 1 N–H and O–H groups in total. The van der Waals surface area contributed by atoms with Gasteiger partial charge in [-0.05, 0) is 30.0 Å². The van der Waals surface area contributed by atoms with Crippen LogP contribution >= 0.6 is 0 Å². The Morgan fingerprint density at radius 2 is 1.96 bits per heavy atom. The predicted octanol–water partition coefficient (Wildman–Crippen LogP) is 2.57. The summed E-state index contributed by atoms with van der Waals surface area (Å²) in [6, 6.07) is 14.6. The summed E-state index contributed by atoms with van der Waals surface area (Å²) < 4.78 is 0. The van der Waals surface area contributed by atoms with Crippen LogP contribution in [-0.2, 0) is 17.8 Å². The van der Waals surface area contributed by atoms with Gasteiger partial charge in [-0.15, -0.1) is 0 Å². The highest BCUT2D eigenvalue weighted by molar-refractivity contribution is 5.78. The lowest BCUT2D eigenvalue weighted by atomic mass is 10.1. The number of rotatable bonds is 5. The highest BCUT2D eigenvalue weighted by atomic mass is 16.1. The summed E-state index contributed by atoms with van der Waals surface area (Å²) in [5, 5.41) is 3.20. The standard InChI is InChI=1S/C20H25N3O/c1-15-12-23(13-17-6-4-3-5-7-17)14-19(15)22-20(24)10-18-9-8-16(2)21-11-18/h3-9,11,15,19H,10,12-14H2,1-2H3,(H,22,24)/t15-,19-/m1/s1.